The molecule has 0 spiro atoms. The lowest BCUT2D eigenvalue weighted by molar-refractivity contribution is -0.137. The van der Waals surface area contributed by atoms with E-state index in [0.717, 1.165) is 0 Å². The summed E-state index contributed by atoms with van der Waals surface area (Å²) in [5.41, 5.74) is 0. The molecular weight excluding hydrogens is 204 g/mol. The van der Waals surface area contributed by atoms with Crippen LogP contribution in [-0.4, -0.2) is 22.5 Å². The molecule has 0 amide bonds. The minimum atomic E-state index is -0.411. The number of nitrogens with zero attached hydrogens (tertiary/aromatic N) is 2. The summed E-state index contributed by atoms with van der Waals surface area (Å²) in [6.07, 6.45) is 5.65. The van der Waals surface area contributed by atoms with E-state index in [1.54, 1.807) is 6.92 Å². The Kier molecular flexibility index (Phi) is 4.07. The molecule has 0 fully saturated rings. The standard InChI is InChI=1S/C9H9ClN2O2/c1-2-14-9(13)4-3-8-11-5-7(10)6-12-8/h3-6H,2H2,1H3. The predicted octanol–water partition coefficient (Wildman–Crippen LogP) is 1.71. The molecule has 0 radical (unpaired) electrons. The Labute approximate surface area is 86.6 Å². The molecule has 1 aromatic rings. The van der Waals surface area contributed by atoms with E-state index in [2.05, 4.69) is 14.7 Å². The van der Waals surface area contributed by atoms with E-state index in [0.29, 0.717) is 17.5 Å². The molecule has 1 rings (SSSR count). The third kappa shape index (κ3) is 3.53. The summed E-state index contributed by atoms with van der Waals surface area (Å²) in [4.78, 5) is 18.6. The van der Waals surface area contributed by atoms with Gasteiger partial charge in [-0.15, -0.1) is 0 Å². The quantitative estimate of drug-likeness (QED) is 0.565. The van der Waals surface area contributed by atoms with E-state index in [9.17, 15) is 4.79 Å². The average Bonchev–Trinajstić information content (AvgIpc) is 2.17. The minimum absolute atomic E-state index is 0.352. The van der Waals surface area contributed by atoms with Gasteiger partial charge in [-0.05, 0) is 13.0 Å². The van der Waals surface area contributed by atoms with Crippen LogP contribution in [0.5, 0.6) is 0 Å². The van der Waals surface area contributed by atoms with Gasteiger partial charge >= 0.3 is 5.97 Å². The first kappa shape index (κ1) is 10.7. The van der Waals surface area contributed by atoms with Crippen molar-refractivity contribution in [2.75, 3.05) is 6.61 Å². The number of esters is 1. The second-order valence-electron chi connectivity index (χ2n) is 2.34. The molecule has 0 bridgehead atoms. The van der Waals surface area contributed by atoms with Crippen LogP contribution in [0.2, 0.25) is 5.02 Å². The lowest BCUT2D eigenvalue weighted by Gasteiger charge is -1.94. The first-order valence-electron chi connectivity index (χ1n) is 4.04. The van der Waals surface area contributed by atoms with Gasteiger partial charge in [-0.25, -0.2) is 14.8 Å². The van der Waals surface area contributed by atoms with Gasteiger partial charge in [0.1, 0.15) is 0 Å². The SMILES string of the molecule is CCOC(=O)C=Cc1ncc(Cl)cn1. The Morgan fingerprint density at radius 1 is 1.57 bits per heavy atom. The van der Waals surface area contributed by atoms with Gasteiger partial charge in [0, 0.05) is 18.5 Å². The van der Waals surface area contributed by atoms with Crippen LogP contribution < -0.4 is 0 Å². The van der Waals surface area contributed by atoms with Gasteiger partial charge in [-0.3, -0.25) is 0 Å². The molecule has 4 nitrogen and oxygen atoms in total. The van der Waals surface area contributed by atoms with Crippen molar-refractivity contribution >= 4 is 23.6 Å². The molecule has 1 heterocycles. The van der Waals surface area contributed by atoms with E-state index in [1.807, 2.05) is 0 Å². The fourth-order valence-corrected chi connectivity index (χ4v) is 0.839. The number of ether oxygens (including phenoxy) is 1. The van der Waals surface area contributed by atoms with E-state index in [4.69, 9.17) is 11.6 Å². The zero-order valence-electron chi connectivity index (χ0n) is 7.61. The van der Waals surface area contributed by atoms with Gasteiger partial charge in [0.25, 0.3) is 0 Å². The number of hydrogen-bond acceptors (Lipinski definition) is 4. The summed E-state index contributed by atoms with van der Waals surface area (Å²) in [7, 11) is 0. The molecule has 74 valence electrons. The first-order valence-corrected chi connectivity index (χ1v) is 4.42. The molecule has 0 saturated carbocycles. The van der Waals surface area contributed by atoms with Gasteiger partial charge in [0.15, 0.2) is 5.82 Å². The normalized spacial score (nSPS) is 10.4. The lowest BCUT2D eigenvalue weighted by Crippen LogP contribution is -1.99. The molecule has 0 saturated heterocycles. The zero-order chi connectivity index (χ0) is 10.4. The van der Waals surface area contributed by atoms with Gasteiger partial charge in [-0.2, -0.15) is 0 Å². The van der Waals surface area contributed by atoms with Crippen LogP contribution in [0.15, 0.2) is 18.5 Å². The van der Waals surface area contributed by atoms with E-state index < -0.39 is 5.97 Å². The second kappa shape index (κ2) is 5.34. The Hall–Kier alpha value is -1.42. The van der Waals surface area contributed by atoms with Crippen LogP contribution in [0, 0.1) is 0 Å². The topological polar surface area (TPSA) is 52.1 Å². The number of carbonyl (C=O) groups is 1. The van der Waals surface area contributed by atoms with Gasteiger partial charge in [-0.1, -0.05) is 11.6 Å². The van der Waals surface area contributed by atoms with Crippen molar-refractivity contribution in [2.24, 2.45) is 0 Å². The van der Waals surface area contributed by atoms with Crippen molar-refractivity contribution in [3.8, 4) is 0 Å². The summed E-state index contributed by atoms with van der Waals surface area (Å²) >= 11 is 5.58. The molecule has 0 aliphatic carbocycles. The van der Waals surface area contributed by atoms with Crippen LogP contribution >= 0.6 is 11.6 Å². The van der Waals surface area contributed by atoms with E-state index in [1.165, 1.54) is 24.5 Å². The summed E-state index contributed by atoms with van der Waals surface area (Å²) in [6.45, 7) is 2.09. The minimum Gasteiger partial charge on any atom is -0.463 e. The maximum atomic E-state index is 10.9. The largest absolute Gasteiger partial charge is 0.463 e. The molecule has 0 aliphatic heterocycles. The van der Waals surface area contributed by atoms with E-state index in [-0.39, 0.29) is 0 Å². The van der Waals surface area contributed by atoms with Crippen molar-refractivity contribution in [1.29, 1.82) is 0 Å². The van der Waals surface area contributed by atoms with Crippen molar-refractivity contribution in [2.45, 2.75) is 6.92 Å². The van der Waals surface area contributed by atoms with Crippen molar-refractivity contribution in [3.63, 3.8) is 0 Å². The monoisotopic (exact) mass is 212 g/mol. The van der Waals surface area contributed by atoms with E-state index >= 15 is 0 Å². The van der Waals surface area contributed by atoms with Gasteiger partial charge < -0.3 is 4.74 Å². The predicted molar refractivity (Wildman–Crippen MR) is 52.7 cm³/mol. The summed E-state index contributed by atoms with van der Waals surface area (Å²) in [6, 6.07) is 0. The third-order valence-electron chi connectivity index (χ3n) is 1.30. The number of halogens is 1. The molecular formula is C9H9ClN2O2. The highest BCUT2D eigenvalue weighted by atomic mass is 35.5. The highest BCUT2D eigenvalue weighted by Crippen LogP contribution is 2.03. The maximum Gasteiger partial charge on any atom is 0.330 e. The highest BCUT2D eigenvalue weighted by Gasteiger charge is 1.95. The van der Waals surface area contributed by atoms with Crippen molar-refractivity contribution < 1.29 is 9.53 Å². The van der Waals surface area contributed by atoms with Crippen LogP contribution in [0.25, 0.3) is 6.08 Å². The Balaban J connectivity index is 2.60. The zero-order valence-corrected chi connectivity index (χ0v) is 8.36. The van der Waals surface area contributed by atoms with Gasteiger partial charge in [0.2, 0.25) is 0 Å². The average molecular weight is 213 g/mol. The smallest absolute Gasteiger partial charge is 0.330 e. The summed E-state index contributed by atoms with van der Waals surface area (Å²) in [5, 5.41) is 0.457. The third-order valence-corrected chi connectivity index (χ3v) is 1.49. The molecule has 14 heavy (non-hydrogen) atoms. The van der Waals surface area contributed by atoms with Crippen molar-refractivity contribution in [3.05, 3.63) is 29.3 Å². The lowest BCUT2D eigenvalue weighted by atomic mass is 10.4. The first-order chi connectivity index (χ1) is 6.72. The summed E-state index contributed by atoms with van der Waals surface area (Å²) < 4.78 is 4.68. The van der Waals surface area contributed by atoms with Crippen LogP contribution in [0.1, 0.15) is 12.7 Å². The van der Waals surface area contributed by atoms with Crippen LogP contribution in [-0.2, 0) is 9.53 Å². The molecule has 0 N–H and O–H groups in total. The Morgan fingerprint density at radius 2 is 2.21 bits per heavy atom. The Morgan fingerprint density at radius 3 is 2.79 bits per heavy atom. The number of hydrogen-bond donors (Lipinski definition) is 0. The molecule has 0 aromatic carbocycles. The maximum absolute atomic E-state index is 10.9. The highest BCUT2D eigenvalue weighted by molar-refractivity contribution is 6.30. The molecule has 0 aliphatic rings. The molecule has 1 aromatic heterocycles. The van der Waals surface area contributed by atoms with Crippen LogP contribution in [0.4, 0.5) is 0 Å². The second-order valence-corrected chi connectivity index (χ2v) is 2.78. The van der Waals surface area contributed by atoms with Gasteiger partial charge in [0.05, 0.1) is 11.6 Å². The number of carbonyl (C=O) groups excluding carboxylic acids is 1. The Bertz CT molecular complexity index is 335. The van der Waals surface area contributed by atoms with Crippen molar-refractivity contribution in [1.82, 2.24) is 9.97 Å². The summed E-state index contributed by atoms with van der Waals surface area (Å²) in [5.74, 6) is 0.00787. The fraction of sp³-hybridized carbons (Fsp3) is 0.222. The van der Waals surface area contributed by atoms with Crippen LogP contribution in [0.3, 0.4) is 0 Å². The molecule has 0 atom stereocenters. The fourth-order valence-electron chi connectivity index (χ4n) is 0.741. The number of rotatable bonds is 3. The molecule has 0 unspecified atom stereocenters. The molecule has 5 heteroatoms. The number of aromatic nitrogens is 2.